The Morgan fingerprint density at radius 3 is 2.62 bits per heavy atom. The summed E-state index contributed by atoms with van der Waals surface area (Å²) in [7, 11) is 0. The molecule has 0 N–H and O–H groups in total. The first-order valence-corrected chi connectivity index (χ1v) is 5.44. The third-order valence-electron chi connectivity index (χ3n) is 2.33. The number of terminal acetylenes is 1. The molecule has 0 aliphatic heterocycles. The highest BCUT2D eigenvalue weighted by Gasteiger charge is 2.04. The van der Waals surface area contributed by atoms with Crippen molar-refractivity contribution in [1.29, 1.82) is 0 Å². The third kappa shape index (κ3) is 2.13. The number of hydrogen-bond donors (Lipinski definition) is 0. The third-order valence-corrected chi connectivity index (χ3v) is 2.66. The maximum atomic E-state index is 6.10. The number of hydrogen-bond acceptors (Lipinski definition) is 1. The van der Waals surface area contributed by atoms with Crippen LogP contribution in [0.4, 0.5) is 0 Å². The van der Waals surface area contributed by atoms with Crippen LogP contribution in [-0.2, 0) is 0 Å². The van der Waals surface area contributed by atoms with Gasteiger partial charge in [0.15, 0.2) is 0 Å². The van der Waals surface area contributed by atoms with Gasteiger partial charge < -0.3 is 4.74 Å². The fourth-order valence-electron chi connectivity index (χ4n) is 1.58. The molecule has 0 aliphatic carbocycles. The minimum absolute atomic E-state index is 0.530. The summed E-state index contributed by atoms with van der Waals surface area (Å²) in [5.41, 5.74) is 0. The molecular weight excluding hydrogens is 220 g/mol. The summed E-state index contributed by atoms with van der Waals surface area (Å²) in [5, 5.41) is 2.76. The van der Waals surface area contributed by atoms with Gasteiger partial charge in [-0.3, -0.25) is 0 Å². The molecule has 0 radical (unpaired) electrons. The molecular formula is C14H11ClO. The minimum Gasteiger partial charge on any atom is -0.492 e. The van der Waals surface area contributed by atoms with E-state index in [0.717, 1.165) is 21.5 Å². The van der Waals surface area contributed by atoms with Crippen molar-refractivity contribution in [3.63, 3.8) is 0 Å². The zero-order valence-electron chi connectivity index (χ0n) is 8.74. The van der Waals surface area contributed by atoms with Gasteiger partial charge in [0.1, 0.15) is 5.75 Å². The quantitative estimate of drug-likeness (QED) is 0.574. The molecule has 2 aromatic carbocycles. The molecule has 16 heavy (non-hydrogen) atoms. The molecule has 0 unspecified atom stereocenters. The monoisotopic (exact) mass is 230 g/mol. The smallest absolute Gasteiger partial charge is 0.127 e. The van der Waals surface area contributed by atoms with E-state index in [0.29, 0.717) is 13.0 Å². The van der Waals surface area contributed by atoms with E-state index in [1.54, 1.807) is 0 Å². The van der Waals surface area contributed by atoms with E-state index in [-0.39, 0.29) is 0 Å². The highest BCUT2D eigenvalue weighted by atomic mass is 35.5. The summed E-state index contributed by atoms with van der Waals surface area (Å²) in [5.74, 6) is 3.38. The maximum absolute atomic E-state index is 6.10. The van der Waals surface area contributed by atoms with E-state index in [1.165, 1.54) is 0 Å². The van der Waals surface area contributed by atoms with Gasteiger partial charge in [-0.25, -0.2) is 0 Å². The first-order chi connectivity index (χ1) is 7.83. The molecule has 1 nitrogen and oxygen atoms in total. The Balaban J connectivity index is 2.39. The van der Waals surface area contributed by atoms with E-state index in [9.17, 15) is 0 Å². The molecule has 80 valence electrons. The van der Waals surface area contributed by atoms with Gasteiger partial charge in [-0.15, -0.1) is 12.3 Å². The Morgan fingerprint density at radius 2 is 1.88 bits per heavy atom. The van der Waals surface area contributed by atoms with E-state index in [2.05, 4.69) is 5.92 Å². The Labute approximate surface area is 100.0 Å². The summed E-state index contributed by atoms with van der Waals surface area (Å²) >= 11 is 6.10. The second kappa shape index (κ2) is 4.92. The number of rotatable bonds is 3. The van der Waals surface area contributed by atoms with Crippen LogP contribution in [0.5, 0.6) is 5.75 Å². The molecule has 0 saturated carbocycles. The maximum Gasteiger partial charge on any atom is 0.127 e. The predicted molar refractivity (Wildman–Crippen MR) is 67.9 cm³/mol. The van der Waals surface area contributed by atoms with Gasteiger partial charge in [0.25, 0.3) is 0 Å². The van der Waals surface area contributed by atoms with Gasteiger partial charge in [0.05, 0.1) is 6.61 Å². The summed E-state index contributed by atoms with van der Waals surface area (Å²) in [6.07, 6.45) is 5.79. The molecule has 0 amide bonds. The predicted octanol–water partition coefficient (Wildman–Crippen LogP) is 3.90. The lowest BCUT2D eigenvalue weighted by Crippen LogP contribution is -1.96. The average molecular weight is 231 g/mol. The van der Waals surface area contributed by atoms with Crippen molar-refractivity contribution in [2.75, 3.05) is 6.61 Å². The molecule has 2 heteroatoms. The van der Waals surface area contributed by atoms with Crippen LogP contribution in [0.1, 0.15) is 6.42 Å². The first kappa shape index (κ1) is 10.9. The second-order valence-electron chi connectivity index (χ2n) is 3.39. The summed E-state index contributed by atoms with van der Waals surface area (Å²) in [4.78, 5) is 0. The summed E-state index contributed by atoms with van der Waals surface area (Å²) < 4.78 is 5.61. The van der Waals surface area contributed by atoms with Crippen molar-refractivity contribution in [1.82, 2.24) is 0 Å². The zero-order chi connectivity index (χ0) is 11.4. The highest BCUT2D eigenvalue weighted by molar-refractivity contribution is 6.35. The van der Waals surface area contributed by atoms with Crippen LogP contribution in [0.15, 0.2) is 36.4 Å². The minimum atomic E-state index is 0.530. The number of fused-ring (bicyclic) bond motifs is 1. The van der Waals surface area contributed by atoms with Crippen molar-refractivity contribution in [2.45, 2.75) is 6.42 Å². The molecule has 0 aliphatic rings. The Hall–Kier alpha value is -1.65. The second-order valence-corrected chi connectivity index (χ2v) is 3.80. The van der Waals surface area contributed by atoms with Gasteiger partial charge >= 0.3 is 0 Å². The van der Waals surface area contributed by atoms with Crippen molar-refractivity contribution < 1.29 is 4.74 Å². The summed E-state index contributed by atoms with van der Waals surface area (Å²) in [6.45, 7) is 0.530. The topological polar surface area (TPSA) is 9.23 Å². The lowest BCUT2D eigenvalue weighted by atomic mass is 10.1. The standard InChI is InChI=1S/C14H11ClO/c1-2-3-10-16-14-9-8-13(15)11-6-4-5-7-12(11)14/h1,4-9H,3,10H2. The van der Waals surface area contributed by atoms with Crippen molar-refractivity contribution >= 4 is 22.4 Å². The van der Waals surface area contributed by atoms with Gasteiger partial charge in [-0.1, -0.05) is 35.9 Å². The molecule has 0 saturated heterocycles. The lowest BCUT2D eigenvalue weighted by Gasteiger charge is -2.08. The summed E-state index contributed by atoms with van der Waals surface area (Å²) in [6, 6.07) is 11.6. The molecule has 0 spiro atoms. The number of halogens is 1. The van der Waals surface area contributed by atoms with Crippen LogP contribution in [0.3, 0.4) is 0 Å². The zero-order valence-corrected chi connectivity index (χ0v) is 9.50. The number of benzene rings is 2. The molecule has 0 fully saturated rings. The molecule has 0 atom stereocenters. The Bertz CT molecular complexity index is 540. The van der Waals surface area contributed by atoms with Crippen molar-refractivity contribution in [3.05, 3.63) is 41.4 Å². The van der Waals surface area contributed by atoms with Gasteiger partial charge in [0.2, 0.25) is 0 Å². The normalized spacial score (nSPS) is 10.0. The highest BCUT2D eigenvalue weighted by Crippen LogP contribution is 2.31. The van der Waals surface area contributed by atoms with Crippen LogP contribution >= 0.6 is 11.6 Å². The van der Waals surface area contributed by atoms with Crippen LogP contribution < -0.4 is 4.74 Å². The Kier molecular flexibility index (Phi) is 3.34. The molecule has 2 aromatic rings. The van der Waals surface area contributed by atoms with Crippen molar-refractivity contribution in [2.24, 2.45) is 0 Å². The van der Waals surface area contributed by atoms with Crippen LogP contribution in [-0.4, -0.2) is 6.61 Å². The van der Waals surface area contributed by atoms with Crippen LogP contribution in [0.2, 0.25) is 5.02 Å². The van der Waals surface area contributed by atoms with E-state index in [4.69, 9.17) is 22.8 Å². The van der Waals surface area contributed by atoms with E-state index >= 15 is 0 Å². The van der Waals surface area contributed by atoms with Gasteiger partial charge in [0, 0.05) is 22.2 Å². The largest absolute Gasteiger partial charge is 0.492 e. The fourth-order valence-corrected chi connectivity index (χ4v) is 1.81. The SMILES string of the molecule is C#CCCOc1ccc(Cl)c2ccccc12. The van der Waals surface area contributed by atoms with Gasteiger partial charge in [-0.2, -0.15) is 0 Å². The lowest BCUT2D eigenvalue weighted by molar-refractivity contribution is 0.331. The fraction of sp³-hybridized carbons (Fsp3) is 0.143. The molecule has 0 bridgehead atoms. The average Bonchev–Trinajstić information content (AvgIpc) is 2.33. The Morgan fingerprint density at radius 1 is 1.12 bits per heavy atom. The van der Waals surface area contributed by atoms with Crippen molar-refractivity contribution in [3.8, 4) is 18.1 Å². The number of ether oxygens (including phenoxy) is 1. The van der Waals surface area contributed by atoms with Crippen LogP contribution in [0, 0.1) is 12.3 Å². The van der Waals surface area contributed by atoms with E-state index in [1.807, 2.05) is 36.4 Å². The van der Waals surface area contributed by atoms with Crippen LogP contribution in [0.25, 0.3) is 10.8 Å². The first-order valence-electron chi connectivity index (χ1n) is 5.06. The molecule has 0 aromatic heterocycles. The molecule has 2 rings (SSSR count). The molecule has 0 heterocycles. The van der Waals surface area contributed by atoms with E-state index < -0.39 is 0 Å². The van der Waals surface area contributed by atoms with Gasteiger partial charge in [-0.05, 0) is 12.1 Å².